The predicted octanol–water partition coefficient (Wildman–Crippen LogP) is 5.57. The van der Waals surface area contributed by atoms with Gasteiger partial charge in [-0.1, -0.05) is 6.42 Å². The molecule has 1 amide bonds. The van der Waals surface area contributed by atoms with Crippen molar-refractivity contribution in [3.63, 3.8) is 0 Å². The van der Waals surface area contributed by atoms with Crippen molar-refractivity contribution in [1.29, 1.82) is 0 Å². The summed E-state index contributed by atoms with van der Waals surface area (Å²) in [6.45, 7) is 9.78. The maximum Gasteiger partial charge on any atom is 0.341 e. The number of rotatable bonds is 13. The van der Waals surface area contributed by atoms with E-state index < -0.39 is 70.1 Å². The standard InChI is InChI=1S/C37H50F2N4O9/c1-36(2,3)51-28(44)13-9-8-12-23(35(49)52-37(4,5)6)33(46)43(40)20-27(39)21-11-10-16-41(18-21)30-26(38)17-24-29(32(30)50-7)42(22-14-15-22)19-25(31(24)45)34(47)48/h17,19,22-23H,8-16,18,20,40H2,1-7H3,(H,47,48)/t23-/m0/s1. The van der Waals surface area contributed by atoms with Crippen LogP contribution >= 0.6 is 0 Å². The van der Waals surface area contributed by atoms with Crippen LogP contribution in [0.15, 0.2) is 28.5 Å². The molecule has 0 radical (unpaired) electrons. The number of halogens is 2. The molecule has 2 aliphatic rings. The number of aromatic nitrogens is 1. The Morgan fingerprint density at radius 3 is 2.31 bits per heavy atom. The highest BCUT2D eigenvalue weighted by Crippen LogP contribution is 2.44. The zero-order valence-electron chi connectivity index (χ0n) is 31.0. The first-order valence-corrected chi connectivity index (χ1v) is 17.5. The lowest BCUT2D eigenvalue weighted by Gasteiger charge is -2.33. The molecule has 0 bridgehead atoms. The Balaban J connectivity index is 1.56. The fourth-order valence-electron chi connectivity index (χ4n) is 6.27. The zero-order valence-corrected chi connectivity index (χ0v) is 31.0. The molecule has 2 heterocycles. The smallest absolute Gasteiger partial charge is 0.341 e. The van der Waals surface area contributed by atoms with Crippen molar-refractivity contribution < 1.29 is 47.3 Å². The number of methoxy groups -OCH3 is 1. The summed E-state index contributed by atoms with van der Waals surface area (Å²) in [6, 6.07) is 0.907. The largest absolute Gasteiger partial charge is 0.492 e. The van der Waals surface area contributed by atoms with Gasteiger partial charge in [-0.3, -0.25) is 24.2 Å². The van der Waals surface area contributed by atoms with Gasteiger partial charge in [-0.05, 0) is 91.7 Å². The molecule has 1 saturated carbocycles. The number of aromatic carboxylic acids is 1. The lowest BCUT2D eigenvalue weighted by molar-refractivity contribution is -0.165. The molecule has 1 aliphatic carbocycles. The topological polar surface area (TPSA) is 171 Å². The van der Waals surface area contributed by atoms with Gasteiger partial charge in [-0.15, -0.1) is 0 Å². The lowest BCUT2D eigenvalue weighted by Crippen LogP contribution is -2.46. The van der Waals surface area contributed by atoms with Gasteiger partial charge in [0.15, 0.2) is 11.6 Å². The first kappa shape index (κ1) is 40.2. The zero-order chi connectivity index (χ0) is 38.7. The molecule has 4 rings (SSSR count). The van der Waals surface area contributed by atoms with E-state index in [2.05, 4.69) is 0 Å². The lowest BCUT2D eigenvalue weighted by atomic mass is 9.99. The summed E-state index contributed by atoms with van der Waals surface area (Å²) < 4.78 is 49.9. The normalized spacial score (nSPS) is 16.7. The van der Waals surface area contributed by atoms with Crippen molar-refractivity contribution >= 4 is 40.4 Å². The average molecular weight is 733 g/mol. The van der Waals surface area contributed by atoms with Crippen molar-refractivity contribution in [3.8, 4) is 5.75 Å². The Labute approximate surface area is 301 Å². The predicted molar refractivity (Wildman–Crippen MR) is 189 cm³/mol. The van der Waals surface area contributed by atoms with Crippen LogP contribution in [-0.2, 0) is 23.9 Å². The van der Waals surface area contributed by atoms with Crippen LogP contribution in [0.5, 0.6) is 5.75 Å². The monoisotopic (exact) mass is 732 g/mol. The fourth-order valence-corrected chi connectivity index (χ4v) is 6.27. The van der Waals surface area contributed by atoms with Crippen LogP contribution in [0.4, 0.5) is 14.5 Å². The summed E-state index contributed by atoms with van der Waals surface area (Å²) in [5.74, 6) is -0.294. The van der Waals surface area contributed by atoms with Crippen LogP contribution in [0.2, 0.25) is 0 Å². The number of hydrogen-bond donors (Lipinski definition) is 2. The van der Waals surface area contributed by atoms with Gasteiger partial charge in [0, 0.05) is 31.7 Å². The van der Waals surface area contributed by atoms with Gasteiger partial charge in [-0.2, -0.15) is 0 Å². The molecule has 15 heteroatoms. The van der Waals surface area contributed by atoms with Crippen LogP contribution in [0.25, 0.3) is 10.9 Å². The Bertz CT molecular complexity index is 1810. The molecular formula is C37H50F2N4O9. The molecule has 1 aromatic carbocycles. The molecule has 52 heavy (non-hydrogen) atoms. The van der Waals surface area contributed by atoms with Crippen molar-refractivity contribution in [3.05, 3.63) is 45.3 Å². The molecular weight excluding hydrogens is 682 g/mol. The van der Waals surface area contributed by atoms with Crippen LogP contribution in [0.3, 0.4) is 0 Å². The number of benzene rings is 1. The summed E-state index contributed by atoms with van der Waals surface area (Å²) in [5.41, 5.74) is -2.37. The Kier molecular flexibility index (Phi) is 12.4. The number of carboxylic acid groups (broad SMARTS) is 1. The van der Waals surface area contributed by atoms with E-state index in [0.29, 0.717) is 30.8 Å². The third-order valence-electron chi connectivity index (χ3n) is 8.69. The number of carboxylic acids is 1. The number of pyridine rings is 1. The molecule has 1 aromatic heterocycles. The highest BCUT2D eigenvalue weighted by molar-refractivity contribution is 5.98. The van der Waals surface area contributed by atoms with Crippen LogP contribution < -0.4 is 20.9 Å². The summed E-state index contributed by atoms with van der Waals surface area (Å²) in [6.07, 6.45) is 4.17. The molecule has 13 nitrogen and oxygen atoms in total. The first-order chi connectivity index (χ1) is 24.2. The number of anilines is 1. The number of nitrogens with two attached hydrogens (primary N) is 1. The fraction of sp³-hybridized carbons (Fsp3) is 0.595. The van der Waals surface area contributed by atoms with Gasteiger partial charge in [0.1, 0.15) is 34.2 Å². The number of ether oxygens (including phenoxy) is 3. The van der Waals surface area contributed by atoms with Gasteiger partial charge in [-0.25, -0.2) is 19.4 Å². The minimum Gasteiger partial charge on any atom is -0.492 e. The minimum atomic E-state index is -1.42. The van der Waals surface area contributed by atoms with E-state index >= 15 is 8.78 Å². The summed E-state index contributed by atoms with van der Waals surface area (Å²) in [7, 11) is 1.32. The van der Waals surface area contributed by atoms with E-state index in [9.17, 15) is 29.1 Å². The van der Waals surface area contributed by atoms with E-state index in [4.69, 9.17) is 20.1 Å². The van der Waals surface area contributed by atoms with Crippen LogP contribution in [-0.4, -0.2) is 76.4 Å². The second-order valence-electron chi connectivity index (χ2n) is 15.4. The Morgan fingerprint density at radius 2 is 1.73 bits per heavy atom. The molecule has 2 aromatic rings. The number of nitrogens with zero attached hydrogens (tertiary/aromatic N) is 3. The van der Waals surface area contributed by atoms with Gasteiger partial charge >= 0.3 is 17.9 Å². The summed E-state index contributed by atoms with van der Waals surface area (Å²) in [5, 5.41) is 10.1. The molecule has 2 fully saturated rings. The quantitative estimate of drug-likeness (QED) is 0.0659. The number of esters is 2. The van der Waals surface area contributed by atoms with E-state index in [1.54, 1.807) is 51.0 Å². The SMILES string of the molecule is COc1c(N2CCCC(=C(F)CN(N)C(=O)[C@H](CCCCC(=O)OC(C)(C)C)C(=O)OC(C)(C)C)C2)c(F)cc2c(=O)c(C(=O)O)cn(C3CC3)c12. The summed E-state index contributed by atoms with van der Waals surface area (Å²) >= 11 is 0. The molecule has 3 N–H and O–H groups in total. The molecule has 1 atom stereocenters. The van der Waals surface area contributed by atoms with Crippen molar-refractivity contribution in [2.45, 2.75) is 110 Å². The molecule has 1 saturated heterocycles. The van der Waals surface area contributed by atoms with Gasteiger partial charge in [0.05, 0.1) is 24.6 Å². The number of carbonyl (C=O) groups excluding carboxylic acids is 3. The average Bonchev–Trinajstić information content (AvgIpc) is 3.88. The first-order valence-electron chi connectivity index (χ1n) is 17.5. The van der Waals surface area contributed by atoms with Gasteiger partial charge in [0.25, 0.3) is 5.91 Å². The molecule has 286 valence electrons. The summed E-state index contributed by atoms with van der Waals surface area (Å²) in [4.78, 5) is 65.2. The van der Waals surface area contributed by atoms with E-state index in [0.717, 1.165) is 18.9 Å². The van der Waals surface area contributed by atoms with Gasteiger partial charge in [0.2, 0.25) is 5.43 Å². The highest BCUT2D eigenvalue weighted by Gasteiger charge is 2.35. The number of unbranched alkanes of at least 4 members (excludes halogenated alkanes) is 1. The van der Waals surface area contributed by atoms with Crippen molar-refractivity contribution in [1.82, 2.24) is 9.58 Å². The van der Waals surface area contributed by atoms with Gasteiger partial charge < -0.3 is 28.8 Å². The van der Waals surface area contributed by atoms with Crippen molar-refractivity contribution in [2.24, 2.45) is 11.8 Å². The number of piperidine rings is 1. The van der Waals surface area contributed by atoms with Crippen LogP contribution in [0.1, 0.15) is 109 Å². The third-order valence-corrected chi connectivity index (χ3v) is 8.69. The minimum absolute atomic E-state index is 0.00562. The second-order valence-corrected chi connectivity index (χ2v) is 15.4. The molecule has 1 aliphatic heterocycles. The van der Waals surface area contributed by atoms with E-state index in [1.165, 1.54) is 13.3 Å². The van der Waals surface area contributed by atoms with E-state index in [-0.39, 0.29) is 59.8 Å². The number of fused-ring (bicyclic) bond motifs is 1. The van der Waals surface area contributed by atoms with Crippen molar-refractivity contribution in [2.75, 3.05) is 31.6 Å². The molecule has 0 spiro atoms. The number of hydrogen-bond acceptors (Lipinski definition) is 10. The second kappa shape index (κ2) is 16.0. The molecule has 0 unspecified atom stereocenters. The number of hydrazine groups is 1. The van der Waals surface area contributed by atoms with Crippen LogP contribution in [0, 0.1) is 11.7 Å². The van der Waals surface area contributed by atoms with E-state index in [1.807, 2.05) is 0 Å². The third kappa shape index (κ3) is 9.87. The Morgan fingerprint density at radius 1 is 1.08 bits per heavy atom. The number of carbonyl (C=O) groups is 4. The highest BCUT2D eigenvalue weighted by atomic mass is 19.1. The maximum atomic E-state index is 15.9. The number of amides is 1. The maximum absolute atomic E-state index is 15.9. The Hall–Kier alpha value is -4.53.